The quantitative estimate of drug-likeness (QED) is 0.377. The molecule has 0 aliphatic carbocycles. The summed E-state index contributed by atoms with van der Waals surface area (Å²) in [7, 11) is 2.09. The number of carboxylic acid groups (broad SMARTS) is 1. The lowest BCUT2D eigenvalue weighted by Gasteiger charge is -2.26. The van der Waals surface area contributed by atoms with E-state index in [9.17, 15) is 29.4 Å². The van der Waals surface area contributed by atoms with Crippen LogP contribution in [0.3, 0.4) is 0 Å². The SMILES string of the molecule is COC(=O)C(C(=O)OC)[C@H](C)[C@@H](NC(=O)[C@@H](O)CC(C)C)C(=O)O. The van der Waals surface area contributed by atoms with Gasteiger partial charge in [0.05, 0.1) is 14.2 Å². The molecule has 0 rings (SSSR count). The van der Waals surface area contributed by atoms with Crippen LogP contribution in [0.4, 0.5) is 0 Å². The van der Waals surface area contributed by atoms with E-state index in [1.54, 1.807) is 13.8 Å². The molecule has 138 valence electrons. The molecular weight excluding hydrogens is 322 g/mol. The molecule has 3 N–H and O–H groups in total. The molecule has 24 heavy (non-hydrogen) atoms. The van der Waals surface area contributed by atoms with E-state index in [0.717, 1.165) is 14.2 Å². The monoisotopic (exact) mass is 347 g/mol. The second-order valence-electron chi connectivity index (χ2n) is 5.85. The van der Waals surface area contributed by atoms with Crippen LogP contribution in [0, 0.1) is 17.8 Å². The Kier molecular flexibility index (Phi) is 8.97. The van der Waals surface area contributed by atoms with Crippen LogP contribution in [-0.4, -0.2) is 60.4 Å². The normalized spacial score (nSPS) is 14.7. The number of aliphatic carboxylic acids is 1. The van der Waals surface area contributed by atoms with Gasteiger partial charge in [0, 0.05) is 5.92 Å². The van der Waals surface area contributed by atoms with E-state index in [2.05, 4.69) is 14.8 Å². The van der Waals surface area contributed by atoms with Crippen LogP contribution in [0.2, 0.25) is 0 Å². The van der Waals surface area contributed by atoms with E-state index in [-0.39, 0.29) is 12.3 Å². The Morgan fingerprint density at radius 2 is 1.46 bits per heavy atom. The standard InChI is InChI=1S/C15H25NO8/c1-7(2)6-9(17)12(18)16-11(13(19)20)8(3)10(14(21)23-4)15(22)24-5/h7-11,17H,6H2,1-5H3,(H,16,18)(H,19,20)/t8-,9-,11+/m0/s1. The molecule has 9 nitrogen and oxygen atoms in total. The van der Waals surface area contributed by atoms with E-state index in [4.69, 9.17) is 0 Å². The highest BCUT2D eigenvalue weighted by molar-refractivity contribution is 5.96. The summed E-state index contributed by atoms with van der Waals surface area (Å²) in [5.41, 5.74) is 0. The van der Waals surface area contributed by atoms with Crippen molar-refractivity contribution >= 4 is 23.8 Å². The third-order valence-corrected chi connectivity index (χ3v) is 3.52. The smallest absolute Gasteiger partial charge is 0.326 e. The van der Waals surface area contributed by atoms with Crippen molar-refractivity contribution in [1.29, 1.82) is 0 Å². The maximum atomic E-state index is 11.9. The number of hydrogen-bond acceptors (Lipinski definition) is 7. The van der Waals surface area contributed by atoms with Crippen LogP contribution < -0.4 is 5.32 Å². The lowest BCUT2D eigenvalue weighted by molar-refractivity contribution is -0.163. The molecule has 0 aromatic heterocycles. The van der Waals surface area contributed by atoms with Gasteiger partial charge in [-0.05, 0) is 12.3 Å². The molecule has 0 heterocycles. The molecule has 0 spiro atoms. The van der Waals surface area contributed by atoms with Crippen molar-refractivity contribution in [3.8, 4) is 0 Å². The highest BCUT2D eigenvalue weighted by atomic mass is 16.5. The molecule has 3 atom stereocenters. The van der Waals surface area contributed by atoms with Gasteiger partial charge in [-0.2, -0.15) is 0 Å². The number of hydrogen-bond donors (Lipinski definition) is 3. The molecule has 9 heteroatoms. The highest BCUT2D eigenvalue weighted by Crippen LogP contribution is 2.20. The Labute approximate surface area is 140 Å². The maximum absolute atomic E-state index is 11.9. The van der Waals surface area contributed by atoms with E-state index < -0.39 is 47.8 Å². The van der Waals surface area contributed by atoms with Crippen molar-refractivity contribution in [1.82, 2.24) is 5.32 Å². The van der Waals surface area contributed by atoms with E-state index in [0.29, 0.717) is 0 Å². The van der Waals surface area contributed by atoms with Gasteiger partial charge in [-0.1, -0.05) is 20.8 Å². The first-order valence-corrected chi connectivity index (χ1v) is 7.43. The molecule has 0 fully saturated rings. The molecule has 0 saturated heterocycles. The van der Waals surface area contributed by atoms with Crippen LogP contribution in [0.25, 0.3) is 0 Å². The zero-order chi connectivity index (χ0) is 19.0. The molecular formula is C15H25NO8. The molecule has 0 saturated carbocycles. The summed E-state index contributed by atoms with van der Waals surface area (Å²) in [5.74, 6) is -6.96. The number of carbonyl (C=O) groups excluding carboxylic acids is 3. The average Bonchev–Trinajstić information content (AvgIpc) is 2.50. The minimum absolute atomic E-state index is 0.0179. The third-order valence-electron chi connectivity index (χ3n) is 3.52. The molecule has 0 aliphatic heterocycles. The first kappa shape index (κ1) is 21.8. The van der Waals surface area contributed by atoms with Gasteiger partial charge in [0.25, 0.3) is 0 Å². The van der Waals surface area contributed by atoms with Gasteiger partial charge < -0.3 is 25.0 Å². The fourth-order valence-electron chi connectivity index (χ4n) is 2.19. The summed E-state index contributed by atoms with van der Waals surface area (Å²) in [6.07, 6.45) is -1.25. The Morgan fingerprint density at radius 1 is 1.00 bits per heavy atom. The van der Waals surface area contributed by atoms with Crippen molar-refractivity contribution in [2.75, 3.05) is 14.2 Å². The van der Waals surface area contributed by atoms with Crippen LogP contribution in [-0.2, 0) is 28.7 Å². The predicted octanol–water partition coefficient (Wildman–Crippen LogP) is -0.439. The number of methoxy groups -OCH3 is 2. The van der Waals surface area contributed by atoms with Crippen molar-refractivity contribution in [2.24, 2.45) is 17.8 Å². The topological polar surface area (TPSA) is 139 Å². The third kappa shape index (κ3) is 6.15. The van der Waals surface area contributed by atoms with Crippen molar-refractivity contribution in [3.05, 3.63) is 0 Å². The number of carboxylic acids is 1. The van der Waals surface area contributed by atoms with Gasteiger partial charge in [0.1, 0.15) is 12.1 Å². The largest absolute Gasteiger partial charge is 0.480 e. The minimum Gasteiger partial charge on any atom is -0.480 e. The molecule has 0 aliphatic rings. The summed E-state index contributed by atoms with van der Waals surface area (Å²) in [5, 5.41) is 21.2. The van der Waals surface area contributed by atoms with Crippen molar-refractivity contribution in [3.63, 3.8) is 0 Å². The van der Waals surface area contributed by atoms with E-state index >= 15 is 0 Å². The first-order valence-electron chi connectivity index (χ1n) is 7.43. The van der Waals surface area contributed by atoms with E-state index in [1.807, 2.05) is 0 Å². The summed E-state index contributed by atoms with van der Waals surface area (Å²) < 4.78 is 8.99. The Bertz CT molecular complexity index is 460. The fraction of sp³-hybridized carbons (Fsp3) is 0.733. The predicted molar refractivity (Wildman–Crippen MR) is 81.7 cm³/mol. The minimum atomic E-state index is -1.58. The zero-order valence-electron chi connectivity index (χ0n) is 14.4. The lowest BCUT2D eigenvalue weighted by Crippen LogP contribution is -2.52. The summed E-state index contributed by atoms with van der Waals surface area (Å²) in [4.78, 5) is 46.9. The van der Waals surface area contributed by atoms with Crippen LogP contribution in [0.15, 0.2) is 0 Å². The van der Waals surface area contributed by atoms with Crippen LogP contribution in [0.1, 0.15) is 27.2 Å². The van der Waals surface area contributed by atoms with Gasteiger partial charge in [-0.3, -0.25) is 14.4 Å². The number of nitrogens with one attached hydrogen (secondary N) is 1. The van der Waals surface area contributed by atoms with Gasteiger partial charge in [0.15, 0.2) is 5.92 Å². The molecule has 0 unspecified atom stereocenters. The number of aliphatic hydroxyl groups is 1. The van der Waals surface area contributed by atoms with E-state index in [1.165, 1.54) is 6.92 Å². The van der Waals surface area contributed by atoms with Crippen LogP contribution >= 0.6 is 0 Å². The van der Waals surface area contributed by atoms with Gasteiger partial charge in [-0.25, -0.2) is 4.79 Å². The number of rotatable bonds is 9. The average molecular weight is 347 g/mol. The van der Waals surface area contributed by atoms with Gasteiger partial charge in [0.2, 0.25) is 5.91 Å². The molecule has 0 aromatic rings. The second-order valence-corrected chi connectivity index (χ2v) is 5.85. The fourth-order valence-corrected chi connectivity index (χ4v) is 2.19. The lowest BCUT2D eigenvalue weighted by atomic mass is 9.87. The number of esters is 2. The summed E-state index contributed by atoms with van der Waals surface area (Å²) >= 11 is 0. The molecule has 0 aromatic carbocycles. The number of amides is 1. The summed E-state index contributed by atoms with van der Waals surface area (Å²) in [6.45, 7) is 4.88. The Morgan fingerprint density at radius 3 is 1.79 bits per heavy atom. The van der Waals surface area contributed by atoms with Gasteiger partial charge >= 0.3 is 17.9 Å². The Balaban J connectivity index is 5.34. The Hall–Kier alpha value is -2.16. The van der Waals surface area contributed by atoms with Crippen LogP contribution in [0.5, 0.6) is 0 Å². The number of aliphatic hydroxyl groups excluding tert-OH is 1. The van der Waals surface area contributed by atoms with Crippen molar-refractivity contribution < 1.29 is 38.9 Å². The molecule has 0 bridgehead atoms. The molecule has 1 amide bonds. The zero-order valence-corrected chi connectivity index (χ0v) is 14.4. The number of ether oxygens (including phenoxy) is 2. The summed E-state index contributed by atoms with van der Waals surface area (Å²) in [6, 6.07) is -1.58. The van der Waals surface area contributed by atoms with Crippen molar-refractivity contribution in [2.45, 2.75) is 39.3 Å². The number of carbonyl (C=O) groups is 4. The first-order chi connectivity index (χ1) is 11.1. The van der Waals surface area contributed by atoms with Gasteiger partial charge in [-0.15, -0.1) is 0 Å². The maximum Gasteiger partial charge on any atom is 0.326 e. The second kappa shape index (κ2) is 9.86. The molecule has 0 radical (unpaired) electrons. The highest BCUT2D eigenvalue weighted by Gasteiger charge is 2.42.